The number of halogens is 3. The normalized spacial score (nSPS) is 23.5. The number of carbonyl (C=O) groups excluding carboxylic acids is 2. The van der Waals surface area contributed by atoms with Crippen LogP contribution < -0.4 is 5.73 Å². The third-order valence-electron chi connectivity index (χ3n) is 5.26. The molecule has 0 aromatic rings. The zero-order valence-corrected chi connectivity index (χ0v) is 19.1. The molecule has 7 nitrogen and oxygen atoms in total. The summed E-state index contributed by atoms with van der Waals surface area (Å²) < 4.78 is 38.0. The van der Waals surface area contributed by atoms with E-state index in [2.05, 4.69) is 17.6 Å². The monoisotopic (exact) mass is 454 g/mol. The van der Waals surface area contributed by atoms with Gasteiger partial charge >= 0.3 is 12.1 Å². The van der Waals surface area contributed by atoms with Crippen LogP contribution in [0, 0.1) is 11.8 Å². The summed E-state index contributed by atoms with van der Waals surface area (Å²) in [5.74, 6) is -1.19. The Kier molecular flexibility index (Phi) is 12.1. The van der Waals surface area contributed by atoms with Crippen molar-refractivity contribution in [3.05, 3.63) is 0 Å². The Balaban J connectivity index is 0.000000580. The van der Waals surface area contributed by atoms with E-state index >= 15 is 0 Å². The van der Waals surface area contributed by atoms with Gasteiger partial charge in [-0.3, -0.25) is 14.4 Å². The molecule has 1 heterocycles. The number of carboxylic acid groups (broad SMARTS) is 1. The maximum atomic E-state index is 12.2. The molecule has 2 aliphatic carbocycles. The van der Waals surface area contributed by atoms with Crippen molar-refractivity contribution in [3.8, 4) is 0 Å². The highest BCUT2D eigenvalue weighted by atomic mass is 19.4. The Hall–Kier alpha value is -1.84. The fraction of sp³-hybridized carbons (Fsp3) is 0.857. The van der Waals surface area contributed by atoms with Crippen LogP contribution >= 0.6 is 0 Å². The van der Waals surface area contributed by atoms with Gasteiger partial charge in [-0.15, -0.1) is 0 Å². The van der Waals surface area contributed by atoms with Gasteiger partial charge in [0, 0.05) is 20.0 Å². The van der Waals surface area contributed by atoms with E-state index in [-0.39, 0.29) is 11.7 Å². The smallest absolute Gasteiger partial charge is 0.470 e. The highest BCUT2D eigenvalue weighted by Gasteiger charge is 2.41. The number of likely N-dealkylation sites (tertiary alicyclic amines) is 1. The summed E-state index contributed by atoms with van der Waals surface area (Å²) in [6, 6.07) is 0. The lowest BCUT2D eigenvalue weighted by Crippen LogP contribution is -2.33. The average molecular weight is 455 g/mol. The van der Waals surface area contributed by atoms with E-state index in [1.165, 1.54) is 19.3 Å². The number of hydrogen-bond donors (Lipinski definition) is 2. The number of nitrogens with zero attached hydrogens (tertiary/aromatic N) is 1. The van der Waals surface area contributed by atoms with Crippen molar-refractivity contribution >= 4 is 17.8 Å². The molecule has 31 heavy (non-hydrogen) atoms. The summed E-state index contributed by atoms with van der Waals surface area (Å²) in [5.41, 5.74) is 3.89. The minimum atomic E-state index is -4.86. The van der Waals surface area contributed by atoms with Crippen LogP contribution in [-0.4, -0.2) is 58.8 Å². The molecule has 1 aliphatic heterocycles. The molecule has 2 saturated carbocycles. The van der Waals surface area contributed by atoms with Crippen molar-refractivity contribution < 1.29 is 37.4 Å². The molecule has 0 aromatic heterocycles. The number of carboxylic acids is 1. The number of ether oxygens (including phenoxy) is 1. The molecule has 3 fully saturated rings. The first-order chi connectivity index (χ1) is 14.2. The number of nitrogens with two attached hydrogens (primary N) is 1. The molecule has 1 saturated heterocycles. The molecule has 0 aromatic carbocycles. The summed E-state index contributed by atoms with van der Waals surface area (Å²) in [6.07, 6.45) is 2.12. The van der Waals surface area contributed by atoms with E-state index in [4.69, 9.17) is 19.4 Å². The van der Waals surface area contributed by atoms with E-state index in [9.17, 15) is 18.0 Å². The molecule has 3 aliphatic rings. The van der Waals surface area contributed by atoms with Crippen LogP contribution in [0.4, 0.5) is 13.2 Å². The summed E-state index contributed by atoms with van der Waals surface area (Å²) in [5, 5.41) is 7.42. The summed E-state index contributed by atoms with van der Waals surface area (Å²) in [6.45, 7) is 11.3. The molecule has 3 rings (SSSR count). The second kappa shape index (κ2) is 12.9. The van der Waals surface area contributed by atoms with Gasteiger partial charge in [0.05, 0.1) is 18.1 Å². The minimum Gasteiger partial charge on any atom is -0.481 e. The molecular formula is C21H37F3N2O5. The lowest BCUT2D eigenvalue weighted by Gasteiger charge is -2.22. The Morgan fingerprint density at radius 3 is 1.87 bits per heavy atom. The van der Waals surface area contributed by atoms with Crippen molar-refractivity contribution in [2.45, 2.75) is 91.0 Å². The van der Waals surface area contributed by atoms with E-state index < -0.39 is 18.1 Å². The van der Waals surface area contributed by atoms with Crippen LogP contribution in [0.5, 0.6) is 0 Å². The van der Waals surface area contributed by atoms with E-state index in [0.29, 0.717) is 12.3 Å². The number of fused-ring (bicyclic) bond motifs is 1. The van der Waals surface area contributed by atoms with Crippen LogP contribution in [0.2, 0.25) is 0 Å². The molecule has 0 bridgehead atoms. The van der Waals surface area contributed by atoms with Crippen LogP contribution in [0.25, 0.3) is 0 Å². The maximum absolute atomic E-state index is 12.2. The molecule has 2 amide bonds. The molecule has 182 valence electrons. The van der Waals surface area contributed by atoms with Gasteiger partial charge in [0.15, 0.2) is 0 Å². The van der Waals surface area contributed by atoms with Gasteiger partial charge in [0.2, 0.25) is 5.91 Å². The topological polar surface area (TPSA) is 110 Å². The Morgan fingerprint density at radius 2 is 1.55 bits per heavy atom. The number of amides is 2. The van der Waals surface area contributed by atoms with Gasteiger partial charge in [0.1, 0.15) is 0 Å². The Labute approximate surface area is 182 Å². The second-order valence-corrected chi connectivity index (χ2v) is 8.21. The third-order valence-corrected chi connectivity index (χ3v) is 5.26. The summed E-state index contributed by atoms with van der Waals surface area (Å²) in [4.78, 5) is 32.4. The summed E-state index contributed by atoms with van der Waals surface area (Å²) >= 11 is 0. The van der Waals surface area contributed by atoms with Gasteiger partial charge < -0.3 is 20.5 Å². The van der Waals surface area contributed by atoms with Crippen molar-refractivity contribution in [1.29, 1.82) is 0 Å². The number of alkyl halides is 3. The quantitative estimate of drug-likeness (QED) is 0.672. The maximum Gasteiger partial charge on any atom is 0.470 e. The minimum absolute atomic E-state index is 0.0745. The van der Waals surface area contributed by atoms with E-state index in [1.54, 1.807) is 0 Å². The molecular weight excluding hydrogens is 417 g/mol. The molecule has 2 unspecified atom stereocenters. The first kappa shape index (κ1) is 29.2. The lowest BCUT2D eigenvalue weighted by atomic mass is 10.0. The van der Waals surface area contributed by atoms with Crippen LogP contribution in [0.1, 0.15) is 73.1 Å². The van der Waals surface area contributed by atoms with Crippen LogP contribution in [-0.2, 0) is 19.1 Å². The Morgan fingerprint density at radius 1 is 1.16 bits per heavy atom. The highest BCUT2D eigenvalue weighted by Crippen LogP contribution is 2.41. The van der Waals surface area contributed by atoms with Crippen molar-refractivity contribution in [1.82, 2.24) is 4.90 Å². The second-order valence-electron chi connectivity index (χ2n) is 8.21. The number of primary amides is 1. The molecule has 3 N–H and O–H groups in total. The van der Waals surface area contributed by atoms with Gasteiger partial charge in [-0.25, -0.2) is 0 Å². The Bertz CT molecular complexity index is 578. The summed E-state index contributed by atoms with van der Waals surface area (Å²) in [7, 11) is 0. The fourth-order valence-corrected chi connectivity index (χ4v) is 3.63. The zero-order chi connectivity index (χ0) is 24.4. The van der Waals surface area contributed by atoms with Gasteiger partial charge in [0.25, 0.3) is 5.97 Å². The van der Waals surface area contributed by atoms with Crippen molar-refractivity contribution in [3.63, 3.8) is 0 Å². The number of hydrogen-bond acceptors (Lipinski definition) is 4. The van der Waals surface area contributed by atoms with Crippen LogP contribution in [0.3, 0.4) is 0 Å². The van der Waals surface area contributed by atoms with E-state index in [1.807, 2.05) is 20.8 Å². The number of aliphatic carboxylic acids is 1. The molecule has 0 spiro atoms. The SMILES string of the molecule is CC.CC(=O)O.C[C@H](CC(=O)N1CC2CCCC2C1)OC1(C)CC1.NC(=O)C(F)(F)F. The molecule has 10 heteroatoms. The van der Waals surface area contributed by atoms with E-state index in [0.717, 1.165) is 44.7 Å². The van der Waals surface area contributed by atoms with Gasteiger partial charge in [-0.2, -0.15) is 13.2 Å². The third kappa shape index (κ3) is 11.9. The zero-order valence-electron chi connectivity index (χ0n) is 19.1. The predicted molar refractivity (Wildman–Crippen MR) is 110 cm³/mol. The van der Waals surface area contributed by atoms with Crippen molar-refractivity contribution in [2.75, 3.05) is 13.1 Å². The highest BCUT2D eigenvalue weighted by molar-refractivity contribution is 5.79. The largest absolute Gasteiger partial charge is 0.481 e. The molecule has 3 atom stereocenters. The lowest BCUT2D eigenvalue weighted by molar-refractivity contribution is -0.169. The predicted octanol–water partition coefficient (Wildman–Crippen LogP) is 3.74. The number of rotatable bonds is 4. The first-order valence-corrected chi connectivity index (χ1v) is 10.8. The van der Waals surface area contributed by atoms with Gasteiger partial charge in [-0.1, -0.05) is 20.3 Å². The molecule has 0 radical (unpaired) electrons. The average Bonchev–Trinajstić information content (AvgIpc) is 3.03. The standard InChI is InChI=1S/C15H25NO2.C2H2F3NO.C2H4O2.C2H6/c1-11(18-15(2)6-7-15)8-14(17)16-9-12-4-3-5-13(12)10-16;3-2(4,5)1(6)7;1-2(3)4;1-2/h11-13H,3-10H2,1-2H3;(H2,6,7);1H3,(H,3,4);1-2H3/t11-,12?,13?;;;/m1.../s1. The fourth-order valence-electron chi connectivity index (χ4n) is 3.63. The number of carbonyl (C=O) groups is 3. The van der Waals surface area contributed by atoms with Crippen molar-refractivity contribution in [2.24, 2.45) is 17.6 Å². The van der Waals surface area contributed by atoms with Crippen LogP contribution in [0.15, 0.2) is 0 Å². The van der Waals surface area contributed by atoms with Gasteiger partial charge in [-0.05, 0) is 51.4 Å². The first-order valence-electron chi connectivity index (χ1n) is 10.8.